The summed E-state index contributed by atoms with van der Waals surface area (Å²) in [5.41, 5.74) is 2.61. The van der Waals surface area contributed by atoms with Crippen LogP contribution in [0.2, 0.25) is 0 Å². The van der Waals surface area contributed by atoms with E-state index < -0.39 is 12.0 Å². The van der Waals surface area contributed by atoms with E-state index in [0.717, 1.165) is 11.1 Å². The first kappa shape index (κ1) is 20.2. The number of carbonyl (C=O) groups is 2. The minimum atomic E-state index is -0.601. The van der Waals surface area contributed by atoms with E-state index in [0.29, 0.717) is 34.4 Å². The Kier molecular flexibility index (Phi) is 5.90. The number of amides is 1. The number of ether oxygens (including phenoxy) is 2. The minimum absolute atomic E-state index is 0.0545. The second-order valence-electron chi connectivity index (χ2n) is 7.00. The summed E-state index contributed by atoms with van der Waals surface area (Å²) in [5, 5.41) is 0.621. The van der Waals surface area contributed by atoms with Gasteiger partial charge in [0.05, 0.1) is 24.4 Å². The van der Waals surface area contributed by atoms with Crippen molar-refractivity contribution in [2.75, 3.05) is 12.9 Å². The van der Waals surface area contributed by atoms with Gasteiger partial charge in [-0.2, -0.15) is 0 Å². The molecular formula is C23H22N2O4S. The summed E-state index contributed by atoms with van der Waals surface area (Å²) in [6, 6.07) is 16.3. The van der Waals surface area contributed by atoms with Crippen LogP contribution in [0.3, 0.4) is 0 Å². The lowest BCUT2D eigenvalue weighted by Gasteiger charge is -2.39. The van der Waals surface area contributed by atoms with E-state index in [1.54, 1.807) is 18.9 Å². The van der Waals surface area contributed by atoms with Crippen LogP contribution in [0.4, 0.5) is 0 Å². The number of fused-ring (bicyclic) bond motifs is 1. The molecule has 1 saturated heterocycles. The zero-order valence-electron chi connectivity index (χ0n) is 16.8. The summed E-state index contributed by atoms with van der Waals surface area (Å²) in [7, 11) is 1.59. The van der Waals surface area contributed by atoms with Gasteiger partial charge in [0, 0.05) is 12.2 Å². The highest BCUT2D eigenvalue weighted by atomic mass is 32.2. The SMILES string of the molecule is COc1cccc(C2C(C(=O)OCc3ccccc3)=C(C)N=C3SCCC(=O)N32)c1. The molecule has 0 aromatic heterocycles. The van der Waals surface area contributed by atoms with Crippen molar-refractivity contribution in [1.29, 1.82) is 0 Å². The number of thioether (sulfide) groups is 1. The number of aliphatic imine (C=N–C) groups is 1. The van der Waals surface area contributed by atoms with Gasteiger partial charge in [-0.3, -0.25) is 9.69 Å². The predicted molar refractivity (Wildman–Crippen MR) is 116 cm³/mol. The average molecular weight is 423 g/mol. The van der Waals surface area contributed by atoms with Crippen molar-refractivity contribution in [1.82, 2.24) is 4.90 Å². The van der Waals surface area contributed by atoms with Crippen LogP contribution in [0.25, 0.3) is 0 Å². The van der Waals surface area contributed by atoms with Crippen molar-refractivity contribution in [3.63, 3.8) is 0 Å². The van der Waals surface area contributed by atoms with E-state index in [1.807, 2.05) is 54.6 Å². The van der Waals surface area contributed by atoms with Crippen LogP contribution >= 0.6 is 11.8 Å². The largest absolute Gasteiger partial charge is 0.497 e. The van der Waals surface area contributed by atoms with E-state index in [9.17, 15) is 9.59 Å². The molecule has 0 radical (unpaired) electrons. The highest BCUT2D eigenvalue weighted by Crippen LogP contribution is 2.41. The maximum Gasteiger partial charge on any atom is 0.338 e. The quantitative estimate of drug-likeness (QED) is 0.679. The summed E-state index contributed by atoms with van der Waals surface area (Å²) in [6.45, 7) is 1.94. The number of benzene rings is 2. The first-order valence-electron chi connectivity index (χ1n) is 9.68. The number of rotatable bonds is 5. The molecule has 6 nitrogen and oxygen atoms in total. The molecule has 0 bridgehead atoms. The number of allylic oxidation sites excluding steroid dienone is 1. The third-order valence-electron chi connectivity index (χ3n) is 5.05. The molecule has 2 heterocycles. The predicted octanol–water partition coefficient (Wildman–Crippen LogP) is 4.09. The van der Waals surface area contributed by atoms with Gasteiger partial charge in [-0.25, -0.2) is 9.79 Å². The van der Waals surface area contributed by atoms with Crippen LogP contribution in [0.15, 0.2) is 70.9 Å². The molecule has 1 fully saturated rings. The average Bonchev–Trinajstić information content (AvgIpc) is 2.77. The second-order valence-corrected chi connectivity index (χ2v) is 8.06. The highest BCUT2D eigenvalue weighted by molar-refractivity contribution is 8.14. The summed E-state index contributed by atoms with van der Waals surface area (Å²) in [6.07, 6.45) is 0.398. The molecule has 154 valence electrons. The standard InChI is InChI=1S/C23H22N2O4S/c1-15-20(22(27)29-14-16-7-4-3-5-8-16)21(17-9-6-10-18(13-17)28-2)25-19(26)11-12-30-23(25)24-15/h3-10,13,21H,11-12,14H2,1-2H3. The Hall–Kier alpha value is -3.06. The number of amidine groups is 1. The van der Waals surface area contributed by atoms with Crippen LogP contribution in [-0.4, -0.2) is 34.8 Å². The Morgan fingerprint density at radius 2 is 2.00 bits per heavy atom. The molecule has 2 aromatic carbocycles. The summed E-state index contributed by atoms with van der Waals surface area (Å²) < 4.78 is 11.0. The molecule has 0 saturated carbocycles. The monoisotopic (exact) mass is 422 g/mol. The van der Waals surface area contributed by atoms with Crippen molar-refractivity contribution in [2.45, 2.75) is 26.0 Å². The lowest BCUT2D eigenvalue weighted by Crippen LogP contribution is -2.45. The first-order valence-corrected chi connectivity index (χ1v) is 10.7. The van der Waals surface area contributed by atoms with Crippen molar-refractivity contribution >= 4 is 28.8 Å². The number of methoxy groups -OCH3 is 1. The van der Waals surface area contributed by atoms with Gasteiger partial charge < -0.3 is 9.47 Å². The molecule has 0 N–H and O–H groups in total. The Morgan fingerprint density at radius 1 is 1.20 bits per heavy atom. The molecule has 30 heavy (non-hydrogen) atoms. The smallest absolute Gasteiger partial charge is 0.338 e. The normalized spacial score (nSPS) is 18.6. The highest BCUT2D eigenvalue weighted by Gasteiger charge is 2.41. The van der Waals surface area contributed by atoms with Crippen molar-refractivity contribution in [2.24, 2.45) is 4.99 Å². The van der Waals surface area contributed by atoms with Gasteiger partial charge in [-0.1, -0.05) is 54.2 Å². The number of carbonyl (C=O) groups excluding carboxylic acids is 2. The fourth-order valence-corrected chi connectivity index (χ4v) is 4.59. The van der Waals surface area contributed by atoms with Crippen molar-refractivity contribution in [3.8, 4) is 5.75 Å². The molecule has 7 heteroatoms. The molecular weight excluding hydrogens is 400 g/mol. The van der Waals surface area contributed by atoms with Gasteiger partial charge in [-0.15, -0.1) is 0 Å². The fourth-order valence-electron chi connectivity index (χ4n) is 3.59. The molecule has 2 aliphatic heterocycles. The van der Waals surface area contributed by atoms with Crippen molar-refractivity contribution < 1.29 is 19.1 Å². The molecule has 1 amide bonds. The molecule has 4 rings (SSSR count). The first-order chi connectivity index (χ1) is 14.6. The molecule has 1 atom stereocenters. The van der Waals surface area contributed by atoms with E-state index in [1.165, 1.54) is 11.8 Å². The molecule has 0 aliphatic carbocycles. The van der Waals surface area contributed by atoms with Crippen LogP contribution in [0.1, 0.15) is 30.5 Å². The summed E-state index contributed by atoms with van der Waals surface area (Å²) in [5.74, 6) is 0.805. The zero-order chi connectivity index (χ0) is 21.1. The van der Waals surface area contributed by atoms with E-state index in [4.69, 9.17) is 9.47 Å². The third-order valence-corrected chi connectivity index (χ3v) is 6.00. The Balaban J connectivity index is 1.73. The minimum Gasteiger partial charge on any atom is -0.497 e. The maximum atomic E-state index is 13.2. The maximum absolute atomic E-state index is 13.2. The van der Waals surface area contributed by atoms with Gasteiger partial charge >= 0.3 is 5.97 Å². The van der Waals surface area contributed by atoms with Gasteiger partial charge in [-0.05, 0) is 30.2 Å². The van der Waals surface area contributed by atoms with Gasteiger partial charge in [0.15, 0.2) is 5.17 Å². The van der Waals surface area contributed by atoms with Crippen LogP contribution in [0, 0.1) is 0 Å². The van der Waals surface area contributed by atoms with Gasteiger partial charge in [0.2, 0.25) is 5.91 Å². The topological polar surface area (TPSA) is 68.2 Å². The summed E-state index contributed by atoms with van der Waals surface area (Å²) >= 11 is 1.52. The number of nitrogens with zero attached hydrogens (tertiary/aromatic N) is 2. The van der Waals surface area contributed by atoms with Gasteiger partial charge in [0.1, 0.15) is 12.4 Å². The van der Waals surface area contributed by atoms with Crippen LogP contribution < -0.4 is 4.74 Å². The second kappa shape index (κ2) is 8.75. The number of hydrogen-bond donors (Lipinski definition) is 0. The number of esters is 1. The Labute approximate surface area is 179 Å². The molecule has 0 spiro atoms. The van der Waals surface area contributed by atoms with E-state index in [2.05, 4.69) is 4.99 Å². The lowest BCUT2D eigenvalue weighted by molar-refractivity contribution is -0.141. The third kappa shape index (κ3) is 3.98. The van der Waals surface area contributed by atoms with Crippen LogP contribution in [0.5, 0.6) is 5.75 Å². The zero-order valence-corrected chi connectivity index (χ0v) is 17.6. The summed E-state index contributed by atoms with van der Waals surface area (Å²) in [4.78, 5) is 32.2. The lowest BCUT2D eigenvalue weighted by atomic mass is 9.94. The van der Waals surface area contributed by atoms with Gasteiger partial charge in [0.25, 0.3) is 0 Å². The van der Waals surface area contributed by atoms with Crippen LogP contribution in [-0.2, 0) is 20.9 Å². The Morgan fingerprint density at radius 3 is 2.77 bits per heavy atom. The number of hydrogen-bond acceptors (Lipinski definition) is 6. The molecule has 1 unspecified atom stereocenters. The van der Waals surface area contributed by atoms with E-state index >= 15 is 0 Å². The fraction of sp³-hybridized carbons (Fsp3) is 0.261. The van der Waals surface area contributed by atoms with Crippen molar-refractivity contribution in [3.05, 3.63) is 77.0 Å². The van der Waals surface area contributed by atoms with E-state index in [-0.39, 0.29) is 12.5 Å². The molecule has 2 aliphatic rings. The Bertz CT molecular complexity index is 1030. The molecule has 2 aromatic rings.